The lowest BCUT2D eigenvalue weighted by Crippen LogP contribution is -2.05. The number of aromatic nitrogens is 1. The number of oxime groups is 1. The molecule has 21 heavy (non-hydrogen) atoms. The van der Waals surface area contributed by atoms with Crippen molar-refractivity contribution in [3.63, 3.8) is 0 Å². The Morgan fingerprint density at radius 1 is 1.33 bits per heavy atom. The lowest BCUT2D eigenvalue weighted by molar-refractivity contribution is 0.0526. The van der Waals surface area contributed by atoms with Gasteiger partial charge in [0.05, 0.1) is 18.4 Å². The first-order valence-electron chi connectivity index (χ1n) is 6.72. The molecule has 1 aromatic heterocycles. The maximum absolute atomic E-state index is 11.6. The van der Waals surface area contributed by atoms with Gasteiger partial charge in [0.25, 0.3) is 0 Å². The van der Waals surface area contributed by atoms with Crippen molar-refractivity contribution in [2.24, 2.45) is 5.16 Å². The predicted octanol–water partition coefficient (Wildman–Crippen LogP) is 3.08. The van der Waals surface area contributed by atoms with Gasteiger partial charge in [-0.25, -0.2) is 4.79 Å². The van der Waals surface area contributed by atoms with Crippen LogP contribution >= 0.6 is 0 Å². The highest BCUT2D eigenvalue weighted by Gasteiger charge is 2.11. The van der Waals surface area contributed by atoms with Crippen molar-refractivity contribution in [1.82, 2.24) is 4.57 Å². The van der Waals surface area contributed by atoms with Crippen LogP contribution in [0.1, 0.15) is 34.2 Å². The maximum Gasteiger partial charge on any atom is 0.338 e. The van der Waals surface area contributed by atoms with Gasteiger partial charge >= 0.3 is 5.97 Å². The predicted molar refractivity (Wildman–Crippen MR) is 80.6 cm³/mol. The summed E-state index contributed by atoms with van der Waals surface area (Å²) in [6, 6.07) is 9.16. The molecule has 0 saturated heterocycles. The topological polar surface area (TPSA) is 63.8 Å². The van der Waals surface area contributed by atoms with Crippen LogP contribution in [-0.2, 0) is 4.74 Å². The molecule has 0 atom stereocenters. The Labute approximate surface area is 123 Å². The quantitative estimate of drug-likeness (QED) is 0.406. The largest absolute Gasteiger partial charge is 0.462 e. The smallest absolute Gasteiger partial charge is 0.338 e. The maximum atomic E-state index is 11.6. The molecular weight excluding hydrogens is 268 g/mol. The molecule has 2 rings (SSSR count). The fraction of sp³-hybridized carbons (Fsp3) is 0.250. The minimum atomic E-state index is -0.321. The van der Waals surface area contributed by atoms with E-state index in [4.69, 9.17) is 9.94 Å². The number of benzene rings is 1. The molecule has 1 heterocycles. The van der Waals surface area contributed by atoms with Gasteiger partial charge in [0, 0.05) is 22.6 Å². The van der Waals surface area contributed by atoms with Crippen molar-refractivity contribution < 1.29 is 14.7 Å². The standard InChI is InChI=1S/C16H18N2O3/c1-4-21-16(19)13-5-7-15(8-6-13)18-11(2)9-14(10-17-20)12(18)3/h5-10,20H,4H2,1-3H3/b17-10-. The highest BCUT2D eigenvalue weighted by Crippen LogP contribution is 2.20. The van der Waals surface area contributed by atoms with Crippen LogP contribution in [0.3, 0.4) is 0 Å². The third-order valence-corrected chi connectivity index (χ3v) is 3.30. The van der Waals surface area contributed by atoms with Gasteiger partial charge in [-0.3, -0.25) is 0 Å². The Balaban J connectivity index is 2.37. The average Bonchev–Trinajstić information content (AvgIpc) is 2.74. The van der Waals surface area contributed by atoms with Crippen LogP contribution in [0, 0.1) is 13.8 Å². The van der Waals surface area contributed by atoms with Crippen LogP contribution in [0.15, 0.2) is 35.5 Å². The number of aryl methyl sites for hydroxylation is 1. The Kier molecular flexibility index (Phi) is 4.42. The van der Waals surface area contributed by atoms with Gasteiger partial charge in [0.2, 0.25) is 0 Å². The van der Waals surface area contributed by atoms with Crippen LogP contribution < -0.4 is 0 Å². The van der Waals surface area contributed by atoms with E-state index in [-0.39, 0.29) is 5.97 Å². The van der Waals surface area contributed by atoms with Gasteiger partial charge in [0.1, 0.15) is 0 Å². The Morgan fingerprint density at radius 2 is 2.00 bits per heavy atom. The summed E-state index contributed by atoms with van der Waals surface area (Å²) in [7, 11) is 0. The van der Waals surface area contributed by atoms with E-state index in [1.165, 1.54) is 6.21 Å². The van der Waals surface area contributed by atoms with Gasteiger partial charge in [-0.05, 0) is 51.1 Å². The molecule has 0 aliphatic carbocycles. The number of rotatable bonds is 4. The first-order chi connectivity index (χ1) is 10.1. The van der Waals surface area contributed by atoms with E-state index in [0.717, 1.165) is 22.6 Å². The molecule has 0 saturated carbocycles. The van der Waals surface area contributed by atoms with Gasteiger partial charge in [-0.2, -0.15) is 0 Å². The SMILES string of the molecule is CCOC(=O)c1ccc(-n2c(C)cc(/C=N\O)c2C)cc1. The fourth-order valence-corrected chi connectivity index (χ4v) is 2.34. The highest BCUT2D eigenvalue weighted by atomic mass is 16.5. The molecule has 2 aromatic rings. The van der Waals surface area contributed by atoms with Gasteiger partial charge in [-0.1, -0.05) is 5.16 Å². The molecule has 0 bridgehead atoms. The monoisotopic (exact) mass is 286 g/mol. The molecule has 5 nitrogen and oxygen atoms in total. The zero-order chi connectivity index (χ0) is 15.4. The van der Waals surface area contributed by atoms with Crippen LogP contribution in [-0.4, -0.2) is 28.6 Å². The number of nitrogens with zero attached hydrogens (tertiary/aromatic N) is 2. The molecule has 5 heteroatoms. The van der Waals surface area contributed by atoms with Gasteiger partial charge in [0.15, 0.2) is 0 Å². The molecule has 0 radical (unpaired) electrons. The number of ether oxygens (including phenoxy) is 1. The second-order valence-electron chi connectivity index (χ2n) is 4.67. The summed E-state index contributed by atoms with van der Waals surface area (Å²) in [4.78, 5) is 11.6. The van der Waals surface area contributed by atoms with E-state index in [1.54, 1.807) is 19.1 Å². The van der Waals surface area contributed by atoms with Crippen molar-refractivity contribution in [3.8, 4) is 5.69 Å². The zero-order valence-electron chi connectivity index (χ0n) is 12.3. The summed E-state index contributed by atoms with van der Waals surface area (Å²) in [6.07, 6.45) is 1.41. The molecule has 0 fully saturated rings. The summed E-state index contributed by atoms with van der Waals surface area (Å²) < 4.78 is 7.00. The zero-order valence-corrected chi connectivity index (χ0v) is 12.3. The van der Waals surface area contributed by atoms with E-state index in [9.17, 15) is 4.79 Å². The van der Waals surface area contributed by atoms with E-state index in [0.29, 0.717) is 12.2 Å². The van der Waals surface area contributed by atoms with Gasteiger partial charge < -0.3 is 14.5 Å². The van der Waals surface area contributed by atoms with E-state index in [2.05, 4.69) is 5.16 Å². The molecule has 1 N–H and O–H groups in total. The van der Waals surface area contributed by atoms with E-state index in [1.807, 2.05) is 36.6 Å². The summed E-state index contributed by atoms with van der Waals surface area (Å²) in [5, 5.41) is 11.7. The van der Waals surface area contributed by atoms with Crippen LogP contribution in [0.2, 0.25) is 0 Å². The molecule has 0 amide bonds. The molecule has 0 aliphatic heterocycles. The normalized spacial score (nSPS) is 11.0. The molecule has 1 aromatic carbocycles. The second kappa shape index (κ2) is 6.26. The van der Waals surface area contributed by atoms with Crippen LogP contribution in [0.5, 0.6) is 0 Å². The Bertz CT molecular complexity index is 670. The minimum Gasteiger partial charge on any atom is -0.462 e. The lowest BCUT2D eigenvalue weighted by atomic mass is 10.2. The van der Waals surface area contributed by atoms with Crippen molar-refractivity contribution in [1.29, 1.82) is 0 Å². The summed E-state index contributed by atoms with van der Waals surface area (Å²) in [6.45, 7) is 6.06. The van der Waals surface area contributed by atoms with Crippen molar-refractivity contribution >= 4 is 12.2 Å². The first-order valence-corrected chi connectivity index (χ1v) is 6.72. The first kappa shape index (κ1) is 14.8. The minimum absolute atomic E-state index is 0.321. The molecular formula is C16H18N2O3. The van der Waals surface area contributed by atoms with Crippen molar-refractivity contribution in [3.05, 3.63) is 52.8 Å². The number of carbonyl (C=O) groups excluding carboxylic acids is 1. The second-order valence-corrected chi connectivity index (χ2v) is 4.67. The lowest BCUT2D eigenvalue weighted by Gasteiger charge is -2.10. The summed E-state index contributed by atoms with van der Waals surface area (Å²) in [5.41, 5.74) is 4.31. The molecule has 110 valence electrons. The van der Waals surface area contributed by atoms with Gasteiger partial charge in [-0.15, -0.1) is 0 Å². The Hall–Kier alpha value is -2.56. The van der Waals surface area contributed by atoms with Crippen LogP contribution in [0.4, 0.5) is 0 Å². The third-order valence-electron chi connectivity index (χ3n) is 3.30. The molecule has 0 unspecified atom stereocenters. The van der Waals surface area contributed by atoms with Crippen molar-refractivity contribution in [2.75, 3.05) is 6.61 Å². The number of esters is 1. The average molecular weight is 286 g/mol. The number of hydrogen-bond donors (Lipinski definition) is 1. The highest BCUT2D eigenvalue weighted by molar-refractivity contribution is 5.89. The van der Waals surface area contributed by atoms with E-state index < -0.39 is 0 Å². The fourth-order valence-electron chi connectivity index (χ4n) is 2.34. The van der Waals surface area contributed by atoms with Crippen LogP contribution in [0.25, 0.3) is 5.69 Å². The molecule has 0 aliphatic rings. The summed E-state index contributed by atoms with van der Waals surface area (Å²) in [5.74, 6) is -0.321. The number of carbonyl (C=O) groups is 1. The molecule has 0 spiro atoms. The Morgan fingerprint density at radius 3 is 2.57 bits per heavy atom. The number of hydrogen-bond acceptors (Lipinski definition) is 4. The third kappa shape index (κ3) is 2.97. The van der Waals surface area contributed by atoms with Crippen molar-refractivity contribution in [2.45, 2.75) is 20.8 Å². The van der Waals surface area contributed by atoms with E-state index >= 15 is 0 Å². The summed E-state index contributed by atoms with van der Waals surface area (Å²) >= 11 is 0.